The molecule has 0 saturated carbocycles. The number of alkyl halides is 3. The van der Waals surface area contributed by atoms with Gasteiger partial charge in [0.15, 0.2) is 0 Å². The Balaban J connectivity index is 1.68. The van der Waals surface area contributed by atoms with Gasteiger partial charge < -0.3 is 22.1 Å². The summed E-state index contributed by atoms with van der Waals surface area (Å²) < 4.78 is 37.8. The molecule has 0 aliphatic carbocycles. The van der Waals surface area contributed by atoms with Crippen LogP contribution in [0.25, 0.3) is 0 Å². The van der Waals surface area contributed by atoms with Crippen LogP contribution in [0, 0.1) is 11.8 Å². The van der Waals surface area contributed by atoms with Crippen LogP contribution >= 0.6 is 0 Å². The maximum atomic E-state index is 12.6. The quantitative estimate of drug-likeness (QED) is 0.479. The molecule has 1 heterocycles. The summed E-state index contributed by atoms with van der Waals surface area (Å²) >= 11 is 0. The van der Waals surface area contributed by atoms with E-state index >= 15 is 0 Å². The molecule has 152 valence electrons. The van der Waals surface area contributed by atoms with Gasteiger partial charge in [0.1, 0.15) is 23.5 Å². The lowest BCUT2D eigenvalue weighted by Crippen LogP contribution is -2.19. The molecule has 2 aromatic carbocycles. The molecule has 6 N–H and O–H groups in total. The SMILES string of the molecule is Nc1ncnc(N)c1C#Cc1cccc(NC(=O)Nc2ccc(C(F)(F)F)cc2)c1. The molecular weight excluding hydrogens is 397 g/mol. The molecule has 0 bridgehead atoms. The molecule has 7 nitrogen and oxygen atoms in total. The molecular formula is C20H15F3N6O. The van der Waals surface area contributed by atoms with Crippen molar-refractivity contribution in [3.8, 4) is 11.8 Å². The Labute approximate surface area is 169 Å². The van der Waals surface area contributed by atoms with E-state index in [9.17, 15) is 18.0 Å². The van der Waals surface area contributed by atoms with Crippen LogP contribution in [0.3, 0.4) is 0 Å². The highest BCUT2D eigenvalue weighted by molar-refractivity contribution is 5.99. The summed E-state index contributed by atoms with van der Waals surface area (Å²) in [5.74, 6) is 5.95. The Bertz CT molecular complexity index is 1110. The van der Waals surface area contributed by atoms with E-state index in [4.69, 9.17) is 11.5 Å². The minimum Gasteiger partial charge on any atom is -0.382 e. The molecule has 0 fully saturated rings. The van der Waals surface area contributed by atoms with Gasteiger partial charge in [-0.2, -0.15) is 13.2 Å². The lowest BCUT2D eigenvalue weighted by atomic mass is 10.2. The van der Waals surface area contributed by atoms with Crippen molar-refractivity contribution in [1.82, 2.24) is 9.97 Å². The molecule has 0 saturated heterocycles. The predicted octanol–water partition coefficient (Wildman–Crippen LogP) is 3.70. The lowest BCUT2D eigenvalue weighted by Gasteiger charge is -2.10. The molecule has 0 spiro atoms. The minimum atomic E-state index is -4.44. The van der Waals surface area contributed by atoms with Gasteiger partial charge in [-0.25, -0.2) is 14.8 Å². The van der Waals surface area contributed by atoms with Crippen LogP contribution in [-0.4, -0.2) is 16.0 Å². The number of anilines is 4. The minimum absolute atomic E-state index is 0.153. The van der Waals surface area contributed by atoms with Gasteiger partial charge in [-0.3, -0.25) is 0 Å². The normalized spacial score (nSPS) is 10.6. The zero-order valence-electron chi connectivity index (χ0n) is 15.3. The first-order valence-corrected chi connectivity index (χ1v) is 8.45. The van der Waals surface area contributed by atoms with Crippen LogP contribution in [0.4, 0.5) is 41.0 Å². The third-order valence-corrected chi connectivity index (χ3v) is 3.83. The zero-order chi connectivity index (χ0) is 21.7. The first-order chi connectivity index (χ1) is 14.2. The van der Waals surface area contributed by atoms with Gasteiger partial charge in [0.05, 0.1) is 5.56 Å². The summed E-state index contributed by atoms with van der Waals surface area (Å²) in [5.41, 5.74) is 12.2. The Morgan fingerprint density at radius 2 is 1.53 bits per heavy atom. The average Bonchev–Trinajstić information content (AvgIpc) is 2.67. The van der Waals surface area contributed by atoms with Gasteiger partial charge in [0.25, 0.3) is 0 Å². The number of benzene rings is 2. The van der Waals surface area contributed by atoms with Crippen molar-refractivity contribution >= 4 is 29.0 Å². The number of amides is 2. The Kier molecular flexibility index (Phi) is 5.73. The van der Waals surface area contributed by atoms with Crippen molar-refractivity contribution in [2.45, 2.75) is 6.18 Å². The fourth-order valence-corrected chi connectivity index (χ4v) is 2.39. The van der Waals surface area contributed by atoms with Crippen LogP contribution in [0.15, 0.2) is 54.9 Å². The number of hydrogen-bond donors (Lipinski definition) is 4. The summed E-state index contributed by atoms with van der Waals surface area (Å²) in [7, 11) is 0. The van der Waals surface area contributed by atoms with Gasteiger partial charge in [0, 0.05) is 16.9 Å². The third-order valence-electron chi connectivity index (χ3n) is 3.83. The molecule has 0 radical (unpaired) electrons. The number of hydrogen-bond acceptors (Lipinski definition) is 5. The maximum absolute atomic E-state index is 12.6. The number of halogens is 3. The predicted molar refractivity (Wildman–Crippen MR) is 107 cm³/mol. The number of aromatic nitrogens is 2. The van der Waals surface area contributed by atoms with E-state index in [1.54, 1.807) is 24.3 Å². The molecule has 0 unspecified atom stereocenters. The monoisotopic (exact) mass is 412 g/mol. The van der Waals surface area contributed by atoms with Gasteiger partial charge in [-0.05, 0) is 42.5 Å². The summed E-state index contributed by atoms with van der Waals surface area (Å²) in [6, 6.07) is 10.1. The van der Waals surface area contributed by atoms with Gasteiger partial charge in [0.2, 0.25) is 0 Å². The van der Waals surface area contributed by atoms with Crippen molar-refractivity contribution in [2.75, 3.05) is 22.1 Å². The van der Waals surface area contributed by atoms with Crippen molar-refractivity contribution in [2.24, 2.45) is 0 Å². The van der Waals surface area contributed by atoms with Gasteiger partial charge >= 0.3 is 12.2 Å². The van der Waals surface area contributed by atoms with Crippen molar-refractivity contribution in [3.63, 3.8) is 0 Å². The molecule has 3 rings (SSSR count). The van der Waals surface area contributed by atoms with E-state index in [1.807, 2.05) is 0 Å². The van der Waals surface area contributed by atoms with Gasteiger partial charge in [-0.1, -0.05) is 17.9 Å². The molecule has 3 aromatic rings. The van der Waals surface area contributed by atoms with Crippen LogP contribution in [0.1, 0.15) is 16.7 Å². The van der Waals surface area contributed by atoms with Gasteiger partial charge in [-0.15, -0.1) is 0 Å². The molecule has 10 heteroatoms. The number of nitrogens with two attached hydrogens (primary N) is 2. The number of carbonyl (C=O) groups excluding carboxylic acids is 1. The van der Waals surface area contributed by atoms with Crippen molar-refractivity contribution < 1.29 is 18.0 Å². The topological polar surface area (TPSA) is 119 Å². The van der Waals surface area contributed by atoms with E-state index in [2.05, 4.69) is 32.4 Å². The summed E-state index contributed by atoms with van der Waals surface area (Å²) in [4.78, 5) is 19.8. The van der Waals surface area contributed by atoms with E-state index in [0.29, 0.717) is 16.8 Å². The molecule has 0 aliphatic rings. The number of carbonyl (C=O) groups is 1. The second kappa shape index (κ2) is 8.40. The largest absolute Gasteiger partial charge is 0.416 e. The lowest BCUT2D eigenvalue weighted by molar-refractivity contribution is -0.137. The van der Waals surface area contributed by atoms with Crippen molar-refractivity contribution in [3.05, 3.63) is 71.5 Å². The highest BCUT2D eigenvalue weighted by Crippen LogP contribution is 2.29. The van der Waals surface area contributed by atoms with Crippen LogP contribution in [-0.2, 0) is 6.18 Å². The van der Waals surface area contributed by atoms with E-state index < -0.39 is 17.8 Å². The summed E-state index contributed by atoms with van der Waals surface area (Å²) in [6.45, 7) is 0. The van der Waals surface area contributed by atoms with Crippen molar-refractivity contribution in [1.29, 1.82) is 0 Å². The number of nitrogens with zero attached hydrogens (tertiary/aromatic N) is 2. The number of nitrogen functional groups attached to an aromatic ring is 2. The zero-order valence-corrected chi connectivity index (χ0v) is 15.3. The van der Waals surface area contributed by atoms with E-state index in [-0.39, 0.29) is 17.3 Å². The molecule has 0 atom stereocenters. The Morgan fingerprint density at radius 1 is 0.900 bits per heavy atom. The summed E-state index contributed by atoms with van der Waals surface area (Å²) in [6.07, 6.45) is -3.21. The standard InChI is InChI=1S/C20H15F3N6O/c21-20(22,23)13-5-7-14(8-6-13)28-19(30)29-15-3-1-2-12(10-15)4-9-16-17(24)26-11-27-18(16)25/h1-3,5-8,10-11H,(H2,28,29,30)(H4,24,25,26,27). The highest BCUT2D eigenvalue weighted by atomic mass is 19.4. The first kappa shape index (κ1) is 20.5. The van der Waals surface area contributed by atoms with Crippen LogP contribution in [0.2, 0.25) is 0 Å². The Morgan fingerprint density at radius 3 is 2.17 bits per heavy atom. The Hall–Kier alpha value is -4.26. The fourth-order valence-electron chi connectivity index (χ4n) is 2.39. The van der Waals surface area contributed by atoms with Crippen LogP contribution < -0.4 is 22.1 Å². The first-order valence-electron chi connectivity index (χ1n) is 8.45. The van der Waals surface area contributed by atoms with Crippen LogP contribution in [0.5, 0.6) is 0 Å². The van der Waals surface area contributed by atoms with E-state index in [0.717, 1.165) is 12.1 Å². The third kappa shape index (κ3) is 5.17. The number of nitrogens with one attached hydrogen (secondary N) is 2. The molecule has 0 aliphatic heterocycles. The number of urea groups is 1. The smallest absolute Gasteiger partial charge is 0.382 e. The maximum Gasteiger partial charge on any atom is 0.416 e. The van der Waals surface area contributed by atoms with E-state index in [1.165, 1.54) is 18.5 Å². The fraction of sp³-hybridized carbons (Fsp3) is 0.0500. The average molecular weight is 412 g/mol. The second-order valence-electron chi connectivity index (χ2n) is 6.00. The molecule has 2 amide bonds. The highest BCUT2D eigenvalue weighted by Gasteiger charge is 2.29. The second-order valence-corrected chi connectivity index (χ2v) is 6.00. The molecule has 30 heavy (non-hydrogen) atoms. The molecule has 1 aromatic heterocycles. The number of rotatable bonds is 2. The summed E-state index contributed by atoms with van der Waals surface area (Å²) in [5, 5.41) is 5.04.